The summed E-state index contributed by atoms with van der Waals surface area (Å²) in [6.45, 7) is 2.48. The fourth-order valence-electron chi connectivity index (χ4n) is 2.65. The quantitative estimate of drug-likeness (QED) is 0.495. The van der Waals surface area contributed by atoms with Crippen molar-refractivity contribution in [1.29, 1.82) is 0 Å². The first kappa shape index (κ1) is 18.7. The Labute approximate surface area is 146 Å². The van der Waals surface area contributed by atoms with Gasteiger partial charge in [0, 0.05) is 23.7 Å². The summed E-state index contributed by atoms with van der Waals surface area (Å²) in [5.41, 5.74) is 1.08. The Balaban J connectivity index is 0.00000220. The molecule has 0 radical (unpaired) electrons. The van der Waals surface area contributed by atoms with Gasteiger partial charge in [0.15, 0.2) is 0 Å². The zero-order chi connectivity index (χ0) is 14.9. The van der Waals surface area contributed by atoms with Gasteiger partial charge >= 0.3 is 29.6 Å². The zero-order valence-electron chi connectivity index (χ0n) is 12.2. The number of likely N-dealkylation sites (tertiary alicyclic amines) is 1. The largest absolute Gasteiger partial charge is 1.00 e. The maximum atomic E-state index is 10.7. The van der Waals surface area contributed by atoms with Crippen LogP contribution in [-0.4, -0.2) is 46.9 Å². The molecule has 2 rings (SSSR count). The van der Waals surface area contributed by atoms with Crippen LogP contribution in [0.2, 0.25) is 0 Å². The first-order valence-electron chi connectivity index (χ1n) is 6.48. The molecule has 21 heavy (non-hydrogen) atoms. The topological polar surface area (TPSA) is 101 Å². The Morgan fingerprint density at radius 1 is 1.38 bits per heavy atom. The van der Waals surface area contributed by atoms with Crippen molar-refractivity contribution in [2.24, 2.45) is 0 Å². The molecular weight excluding hydrogens is 305 g/mol. The first-order valence-corrected chi connectivity index (χ1v) is 8.06. The number of hydrogen-bond acceptors (Lipinski definition) is 6. The van der Waals surface area contributed by atoms with Gasteiger partial charge in [-0.05, 0) is 32.4 Å². The summed E-state index contributed by atoms with van der Waals surface area (Å²) in [6, 6.07) is 3.05. The van der Waals surface area contributed by atoms with E-state index < -0.39 is 15.9 Å². The Kier molecular flexibility index (Phi) is 6.52. The van der Waals surface area contributed by atoms with Gasteiger partial charge in [0.1, 0.15) is 11.5 Å². The van der Waals surface area contributed by atoms with E-state index in [1.54, 1.807) is 13.0 Å². The van der Waals surface area contributed by atoms with E-state index in [-0.39, 0.29) is 53.6 Å². The number of phenolic OH excluding ortho intramolecular Hbond substituents is 2. The van der Waals surface area contributed by atoms with Crippen LogP contribution in [0.4, 0.5) is 0 Å². The van der Waals surface area contributed by atoms with Crippen molar-refractivity contribution in [2.45, 2.75) is 25.8 Å². The molecule has 1 heterocycles. The predicted octanol–water partition coefficient (Wildman–Crippen LogP) is -1.91. The minimum Gasteiger partial charge on any atom is -0.748 e. The third-order valence-corrected chi connectivity index (χ3v) is 4.47. The molecule has 1 aromatic rings. The second kappa shape index (κ2) is 7.30. The molecule has 6 nitrogen and oxygen atoms in total. The predicted molar refractivity (Wildman–Crippen MR) is 72.6 cm³/mol. The summed E-state index contributed by atoms with van der Waals surface area (Å²) in [5.74, 6) is -0.369. The van der Waals surface area contributed by atoms with E-state index >= 15 is 0 Å². The van der Waals surface area contributed by atoms with Crippen LogP contribution in [0.25, 0.3) is 0 Å². The number of benzene rings is 1. The van der Waals surface area contributed by atoms with Gasteiger partial charge in [0.2, 0.25) is 0 Å². The Morgan fingerprint density at radius 2 is 2.05 bits per heavy atom. The van der Waals surface area contributed by atoms with Gasteiger partial charge in [0.25, 0.3) is 0 Å². The summed E-state index contributed by atoms with van der Waals surface area (Å²) in [4.78, 5) is 1.89. The van der Waals surface area contributed by atoms with Crippen molar-refractivity contribution < 1.29 is 52.7 Å². The molecule has 112 valence electrons. The van der Waals surface area contributed by atoms with Gasteiger partial charge in [-0.15, -0.1) is 0 Å². The van der Waals surface area contributed by atoms with E-state index in [1.165, 1.54) is 6.07 Å². The van der Waals surface area contributed by atoms with Gasteiger partial charge in [-0.1, -0.05) is 6.07 Å². The summed E-state index contributed by atoms with van der Waals surface area (Å²) in [6.07, 6.45) is 1.67. The molecule has 8 heteroatoms. The SMILES string of the molecule is Cc1c(O)ccc(C2CCCN2CCS(=O)(=O)[O-])c1O.[Na+]. The van der Waals surface area contributed by atoms with Crippen LogP contribution in [0.1, 0.15) is 30.0 Å². The van der Waals surface area contributed by atoms with E-state index in [4.69, 9.17) is 0 Å². The van der Waals surface area contributed by atoms with Crippen molar-refractivity contribution in [3.05, 3.63) is 23.3 Å². The van der Waals surface area contributed by atoms with Crippen molar-refractivity contribution in [3.8, 4) is 11.5 Å². The molecule has 0 aliphatic carbocycles. The van der Waals surface area contributed by atoms with Gasteiger partial charge < -0.3 is 14.8 Å². The van der Waals surface area contributed by atoms with Gasteiger partial charge in [-0.2, -0.15) is 0 Å². The van der Waals surface area contributed by atoms with E-state index in [9.17, 15) is 23.2 Å². The Morgan fingerprint density at radius 3 is 2.67 bits per heavy atom. The molecule has 1 aromatic carbocycles. The average molecular weight is 323 g/mol. The van der Waals surface area contributed by atoms with Crippen molar-refractivity contribution in [1.82, 2.24) is 4.90 Å². The molecule has 2 N–H and O–H groups in total. The number of nitrogens with zero attached hydrogens (tertiary/aromatic N) is 1. The van der Waals surface area contributed by atoms with E-state index in [0.717, 1.165) is 12.8 Å². The summed E-state index contributed by atoms with van der Waals surface area (Å²) >= 11 is 0. The number of rotatable bonds is 4. The molecule has 1 atom stereocenters. The molecule has 1 aliphatic rings. The monoisotopic (exact) mass is 323 g/mol. The number of phenols is 2. The third kappa shape index (κ3) is 4.58. The summed E-state index contributed by atoms with van der Waals surface area (Å²) in [5, 5.41) is 19.7. The van der Waals surface area contributed by atoms with Crippen molar-refractivity contribution in [2.75, 3.05) is 18.8 Å². The van der Waals surface area contributed by atoms with Crippen LogP contribution in [0, 0.1) is 6.92 Å². The van der Waals surface area contributed by atoms with Crippen LogP contribution < -0.4 is 29.6 Å². The van der Waals surface area contributed by atoms with E-state index in [0.29, 0.717) is 17.7 Å². The smallest absolute Gasteiger partial charge is 0.748 e. The second-order valence-electron chi connectivity index (χ2n) is 5.10. The van der Waals surface area contributed by atoms with Crippen LogP contribution in [0.15, 0.2) is 12.1 Å². The van der Waals surface area contributed by atoms with Crippen LogP contribution in [-0.2, 0) is 10.1 Å². The molecule has 0 amide bonds. The van der Waals surface area contributed by atoms with Crippen LogP contribution in [0.3, 0.4) is 0 Å². The van der Waals surface area contributed by atoms with E-state index in [2.05, 4.69) is 0 Å². The average Bonchev–Trinajstić information content (AvgIpc) is 2.81. The molecule has 0 aromatic heterocycles. The Bertz CT molecular complexity index is 605. The van der Waals surface area contributed by atoms with Gasteiger partial charge in [-0.3, -0.25) is 4.90 Å². The number of hydrogen-bond donors (Lipinski definition) is 2. The van der Waals surface area contributed by atoms with Gasteiger partial charge in [-0.25, -0.2) is 8.42 Å². The van der Waals surface area contributed by atoms with Crippen LogP contribution >= 0.6 is 0 Å². The summed E-state index contributed by atoms with van der Waals surface area (Å²) in [7, 11) is -4.24. The van der Waals surface area contributed by atoms with Crippen molar-refractivity contribution in [3.63, 3.8) is 0 Å². The maximum absolute atomic E-state index is 10.7. The minimum atomic E-state index is -4.24. The fraction of sp³-hybridized carbons (Fsp3) is 0.538. The maximum Gasteiger partial charge on any atom is 1.00 e. The van der Waals surface area contributed by atoms with Crippen LogP contribution in [0.5, 0.6) is 11.5 Å². The molecule has 1 unspecified atom stereocenters. The molecule has 0 bridgehead atoms. The minimum absolute atomic E-state index is 0. The van der Waals surface area contributed by atoms with Gasteiger partial charge in [0.05, 0.1) is 15.9 Å². The first-order chi connectivity index (χ1) is 9.29. The fourth-order valence-corrected chi connectivity index (χ4v) is 3.11. The molecule has 1 fully saturated rings. The third-order valence-electron chi connectivity index (χ3n) is 3.78. The second-order valence-corrected chi connectivity index (χ2v) is 6.63. The Hall–Kier alpha value is -0.310. The number of aromatic hydroxyl groups is 2. The molecule has 0 spiro atoms. The summed E-state index contributed by atoms with van der Waals surface area (Å²) < 4.78 is 32.2. The zero-order valence-corrected chi connectivity index (χ0v) is 15.1. The molecule has 0 saturated carbocycles. The molecular formula is C13H18NNaO5S. The normalized spacial score (nSPS) is 19.4. The van der Waals surface area contributed by atoms with Crippen molar-refractivity contribution >= 4 is 10.1 Å². The molecule has 1 saturated heterocycles. The standard InChI is InChI=1S/C13H19NO5S.Na/c1-9-12(15)5-4-10(13(9)16)11-3-2-6-14(11)7-8-20(17,18)19;/h4-5,11,15-16H,2-3,6-8H2,1H3,(H,17,18,19);/q;+1/p-1. The molecule has 1 aliphatic heterocycles. The van der Waals surface area contributed by atoms with E-state index in [1.807, 2.05) is 4.90 Å².